The van der Waals surface area contributed by atoms with Gasteiger partial charge < -0.3 is 5.32 Å². The zero-order valence-electron chi connectivity index (χ0n) is 12.3. The number of hydrogen-bond acceptors (Lipinski definition) is 4. The molecule has 0 saturated carbocycles. The van der Waals surface area contributed by atoms with Crippen LogP contribution < -0.4 is 5.32 Å². The molecule has 1 N–H and O–H groups in total. The van der Waals surface area contributed by atoms with E-state index in [9.17, 15) is 5.26 Å². The van der Waals surface area contributed by atoms with Crippen molar-refractivity contribution in [2.75, 3.05) is 11.9 Å². The molecule has 0 saturated heterocycles. The van der Waals surface area contributed by atoms with Crippen LogP contribution in [0.5, 0.6) is 0 Å². The number of anilines is 1. The Kier molecular flexibility index (Phi) is 3.87. The molecule has 0 fully saturated rings. The van der Waals surface area contributed by atoms with Crippen LogP contribution in [0, 0.1) is 18.3 Å². The van der Waals surface area contributed by atoms with Crippen molar-refractivity contribution >= 4 is 5.82 Å². The smallest absolute Gasteiger partial charge is 0.144 e. The Balaban J connectivity index is 1.71. The molecule has 2 heterocycles. The maximum Gasteiger partial charge on any atom is 0.144 e. The number of nitrogens with one attached hydrogen (secondary N) is 1. The number of fused-ring (bicyclic) bond motifs is 1. The highest BCUT2D eigenvalue weighted by molar-refractivity contribution is 5.54. The topological polar surface area (TPSA) is 66.5 Å². The summed E-state index contributed by atoms with van der Waals surface area (Å²) in [6.45, 7) is 3.49. The van der Waals surface area contributed by atoms with Crippen LogP contribution in [0.1, 0.15) is 35.2 Å². The summed E-state index contributed by atoms with van der Waals surface area (Å²) in [7, 11) is 0. The Hall–Kier alpha value is -2.35. The minimum absolute atomic E-state index is 0.646. The molecule has 1 aliphatic carbocycles. The second-order valence-corrected chi connectivity index (χ2v) is 5.52. The maximum absolute atomic E-state index is 9.29. The Morgan fingerprint density at radius 2 is 2.24 bits per heavy atom. The van der Waals surface area contributed by atoms with E-state index in [-0.39, 0.29) is 0 Å². The van der Waals surface area contributed by atoms with E-state index in [4.69, 9.17) is 0 Å². The molecule has 5 nitrogen and oxygen atoms in total. The quantitative estimate of drug-likeness (QED) is 0.934. The second kappa shape index (κ2) is 5.96. The molecule has 3 rings (SSSR count). The Morgan fingerprint density at radius 3 is 3.00 bits per heavy atom. The van der Waals surface area contributed by atoms with Gasteiger partial charge in [-0.3, -0.25) is 4.68 Å². The van der Waals surface area contributed by atoms with Gasteiger partial charge in [-0.1, -0.05) is 0 Å². The van der Waals surface area contributed by atoms with E-state index in [1.54, 1.807) is 0 Å². The van der Waals surface area contributed by atoms with Crippen LogP contribution in [-0.2, 0) is 19.4 Å². The summed E-state index contributed by atoms with van der Waals surface area (Å²) >= 11 is 0. The summed E-state index contributed by atoms with van der Waals surface area (Å²) in [6.07, 6.45) is 8.31. The zero-order valence-corrected chi connectivity index (χ0v) is 12.3. The van der Waals surface area contributed by atoms with Crippen LogP contribution >= 0.6 is 0 Å². The molecule has 0 aromatic carbocycles. The maximum atomic E-state index is 9.29. The summed E-state index contributed by atoms with van der Waals surface area (Å²) < 4.78 is 1.90. The van der Waals surface area contributed by atoms with E-state index in [0.29, 0.717) is 17.9 Å². The second-order valence-electron chi connectivity index (χ2n) is 5.52. The largest absolute Gasteiger partial charge is 0.367 e. The molecule has 0 aliphatic heterocycles. The van der Waals surface area contributed by atoms with Crippen molar-refractivity contribution in [2.24, 2.45) is 0 Å². The van der Waals surface area contributed by atoms with E-state index in [1.807, 2.05) is 30.1 Å². The number of aryl methyl sites for hydroxylation is 3. The van der Waals surface area contributed by atoms with Gasteiger partial charge in [-0.2, -0.15) is 10.4 Å². The molecule has 2 aromatic heterocycles. The number of hydrogen-bond donors (Lipinski definition) is 1. The highest BCUT2D eigenvalue weighted by atomic mass is 15.3. The van der Waals surface area contributed by atoms with Gasteiger partial charge in [0.1, 0.15) is 11.9 Å². The minimum Gasteiger partial charge on any atom is -0.367 e. The van der Waals surface area contributed by atoms with Gasteiger partial charge in [-0.25, -0.2) is 4.98 Å². The Bertz CT molecular complexity index is 680. The predicted octanol–water partition coefficient (Wildman–Crippen LogP) is 2.45. The van der Waals surface area contributed by atoms with Crippen molar-refractivity contribution in [2.45, 2.75) is 39.2 Å². The van der Waals surface area contributed by atoms with Gasteiger partial charge >= 0.3 is 0 Å². The summed E-state index contributed by atoms with van der Waals surface area (Å²) in [5.74, 6) is 0.710. The third-order valence-electron chi connectivity index (χ3n) is 3.82. The van der Waals surface area contributed by atoms with Crippen LogP contribution in [0.4, 0.5) is 5.82 Å². The van der Waals surface area contributed by atoms with E-state index in [1.165, 1.54) is 18.4 Å². The first kappa shape index (κ1) is 13.6. The minimum atomic E-state index is 0.646. The summed E-state index contributed by atoms with van der Waals surface area (Å²) in [5, 5.41) is 16.8. The van der Waals surface area contributed by atoms with Gasteiger partial charge in [0, 0.05) is 18.4 Å². The molecule has 0 amide bonds. The molecule has 0 radical (unpaired) electrons. The van der Waals surface area contributed by atoms with Crippen molar-refractivity contribution in [3.05, 3.63) is 40.8 Å². The number of nitrogens with zero attached hydrogens (tertiary/aromatic N) is 4. The number of aromatic nitrogens is 3. The third-order valence-corrected chi connectivity index (χ3v) is 3.82. The van der Waals surface area contributed by atoms with Crippen LogP contribution in [-0.4, -0.2) is 21.3 Å². The van der Waals surface area contributed by atoms with Gasteiger partial charge in [0.2, 0.25) is 0 Å². The van der Waals surface area contributed by atoms with E-state index < -0.39 is 0 Å². The third kappa shape index (κ3) is 3.05. The van der Waals surface area contributed by atoms with Gasteiger partial charge in [0.25, 0.3) is 0 Å². The number of rotatable bonds is 4. The fourth-order valence-electron chi connectivity index (χ4n) is 2.73. The molecule has 0 unspecified atom stereocenters. The first-order chi connectivity index (χ1) is 10.3. The molecule has 0 spiro atoms. The van der Waals surface area contributed by atoms with Crippen LogP contribution in [0.2, 0.25) is 0 Å². The van der Waals surface area contributed by atoms with Crippen LogP contribution in [0.3, 0.4) is 0 Å². The van der Waals surface area contributed by atoms with Crippen LogP contribution in [0.15, 0.2) is 18.5 Å². The van der Waals surface area contributed by atoms with Gasteiger partial charge in [-0.05, 0) is 49.8 Å². The molecule has 2 aromatic rings. The highest BCUT2D eigenvalue weighted by Crippen LogP contribution is 2.24. The van der Waals surface area contributed by atoms with Gasteiger partial charge in [-0.15, -0.1) is 0 Å². The highest BCUT2D eigenvalue weighted by Gasteiger charge is 2.14. The molecular weight excluding hydrogens is 262 g/mol. The first-order valence-electron chi connectivity index (χ1n) is 7.42. The molecule has 5 heteroatoms. The lowest BCUT2D eigenvalue weighted by Gasteiger charge is -2.17. The molecule has 21 heavy (non-hydrogen) atoms. The Labute approximate surface area is 124 Å². The van der Waals surface area contributed by atoms with Crippen molar-refractivity contribution in [3.8, 4) is 6.07 Å². The number of pyridine rings is 1. The summed E-state index contributed by atoms with van der Waals surface area (Å²) in [6, 6.07) is 4.25. The SMILES string of the molecule is Cc1cnn(CCNc2nc3c(cc2C#N)CCCC3)c1. The lowest BCUT2D eigenvalue weighted by molar-refractivity contribution is 0.635. The molecule has 0 bridgehead atoms. The zero-order chi connectivity index (χ0) is 14.7. The van der Waals surface area contributed by atoms with Gasteiger partial charge in [0.05, 0.1) is 18.3 Å². The number of nitriles is 1. The summed E-state index contributed by atoms with van der Waals surface area (Å²) in [4.78, 5) is 4.66. The van der Waals surface area contributed by atoms with Gasteiger partial charge in [0.15, 0.2) is 0 Å². The average Bonchev–Trinajstić information content (AvgIpc) is 2.92. The molecule has 108 valence electrons. The predicted molar refractivity (Wildman–Crippen MR) is 81.0 cm³/mol. The Morgan fingerprint density at radius 1 is 1.38 bits per heavy atom. The van der Waals surface area contributed by atoms with Crippen molar-refractivity contribution < 1.29 is 0 Å². The summed E-state index contributed by atoms with van der Waals surface area (Å²) in [5.41, 5.74) is 4.19. The normalized spacial score (nSPS) is 13.5. The molecular formula is C16H19N5. The average molecular weight is 281 g/mol. The van der Waals surface area contributed by atoms with E-state index in [0.717, 1.165) is 30.6 Å². The molecule has 1 aliphatic rings. The van der Waals surface area contributed by atoms with Crippen molar-refractivity contribution in [1.82, 2.24) is 14.8 Å². The fourth-order valence-corrected chi connectivity index (χ4v) is 2.73. The van der Waals surface area contributed by atoms with Crippen molar-refractivity contribution in [1.29, 1.82) is 5.26 Å². The van der Waals surface area contributed by atoms with E-state index >= 15 is 0 Å². The van der Waals surface area contributed by atoms with Crippen molar-refractivity contribution in [3.63, 3.8) is 0 Å². The lowest BCUT2D eigenvalue weighted by Crippen LogP contribution is -2.15. The lowest BCUT2D eigenvalue weighted by atomic mass is 9.95. The fraction of sp³-hybridized carbons (Fsp3) is 0.438. The monoisotopic (exact) mass is 281 g/mol. The standard InChI is InChI=1S/C16H19N5/c1-12-10-19-21(11-12)7-6-18-16-14(9-17)8-13-4-2-3-5-15(13)20-16/h8,10-11H,2-7H2,1H3,(H,18,20). The van der Waals surface area contributed by atoms with E-state index in [2.05, 4.69) is 21.5 Å². The van der Waals surface area contributed by atoms with Crippen LogP contribution in [0.25, 0.3) is 0 Å². The molecule has 0 atom stereocenters. The first-order valence-corrected chi connectivity index (χ1v) is 7.42.